The van der Waals surface area contributed by atoms with Crippen molar-refractivity contribution in [3.05, 3.63) is 29.8 Å². The first-order valence-corrected chi connectivity index (χ1v) is 10.8. The molecule has 1 atom stereocenters. The van der Waals surface area contributed by atoms with Crippen LogP contribution >= 0.6 is 0 Å². The summed E-state index contributed by atoms with van der Waals surface area (Å²) in [6.45, 7) is 5.20. The molecule has 1 aromatic carbocycles. The van der Waals surface area contributed by atoms with Crippen molar-refractivity contribution in [2.75, 3.05) is 45.9 Å². The zero-order valence-corrected chi connectivity index (χ0v) is 16.9. The van der Waals surface area contributed by atoms with Gasteiger partial charge in [-0.25, -0.2) is 0 Å². The molecule has 0 spiro atoms. The van der Waals surface area contributed by atoms with Gasteiger partial charge in [-0.1, -0.05) is 12.1 Å². The molecule has 0 radical (unpaired) electrons. The molecule has 1 aromatic rings. The second-order valence-corrected chi connectivity index (χ2v) is 8.65. The van der Waals surface area contributed by atoms with E-state index in [2.05, 4.69) is 10.2 Å². The van der Waals surface area contributed by atoms with Crippen molar-refractivity contribution in [2.24, 2.45) is 11.8 Å². The van der Waals surface area contributed by atoms with Gasteiger partial charge in [0.1, 0.15) is 12.4 Å². The van der Waals surface area contributed by atoms with Crippen LogP contribution in [0.2, 0.25) is 0 Å². The zero-order valence-electron chi connectivity index (χ0n) is 16.9. The first-order chi connectivity index (χ1) is 14.1. The number of nitrogens with one attached hydrogen (secondary N) is 1. The highest BCUT2D eigenvalue weighted by atomic mass is 16.5. The molecule has 7 heteroatoms. The number of para-hydroxylation sites is 1. The van der Waals surface area contributed by atoms with Crippen molar-refractivity contribution < 1.29 is 19.4 Å². The molecule has 2 heterocycles. The Labute approximate surface area is 172 Å². The molecular weight excluding hydrogens is 370 g/mol. The predicted molar refractivity (Wildman–Crippen MR) is 109 cm³/mol. The van der Waals surface area contributed by atoms with Gasteiger partial charge in [0.25, 0.3) is 5.91 Å². The third-order valence-corrected chi connectivity index (χ3v) is 6.26. The maximum atomic E-state index is 12.3. The fourth-order valence-electron chi connectivity index (χ4n) is 4.28. The number of hydrogen-bond donors (Lipinski definition) is 2. The van der Waals surface area contributed by atoms with E-state index in [-0.39, 0.29) is 35.8 Å². The van der Waals surface area contributed by atoms with Crippen LogP contribution in [-0.4, -0.2) is 78.7 Å². The topological polar surface area (TPSA) is 82.1 Å². The lowest BCUT2D eigenvalue weighted by molar-refractivity contribution is -0.149. The van der Waals surface area contributed by atoms with Crippen molar-refractivity contribution in [1.29, 1.82) is 0 Å². The lowest BCUT2D eigenvalue weighted by Crippen LogP contribution is -2.52. The molecule has 4 rings (SSSR count). The van der Waals surface area contributed by atoms with E-state index in [4.69, 9.17) is 4.74 Å². The first kappa shape index (κ1) is 20.2. The average molecular weight is 402 g/mol. The van der Waals surface area contributed by atoms with Gasteiger partial charge < -0.3 is 25.0 Å². The minimum absolute atomic E-state index is 0.0358. The Balaban J connectivity index is 1.22. The molecule has 0 bridgehead atoms. The molecule has 7 nitrogen and oxygen atoms in total. The predicted octanol–water partition coefficient (Wildman–Crippen LogP) is 1.47. The van der Waals surface area contributed by atoms with Crippen LogP contribution in [0.5, 0.6) is 5.75 Å². The molecule has 0 unspecified atom stereocenters. The lowest BCUT2D eigenvalue weighted by Gasteiger charge is -2.38. The average Bonchev–Trinajstić information content (AvgIpc) is 3.54. The SMILES string of the molecule is O=C(NC[C@H]1CN(CC2CCN(CC3CC3)CC2)C(=O)CO1)c1ccccc1O. The molecule has 0 aromatic heterocycles. The van der Waals surface area contributed by atoms with E-state index in [1.54, 1.807) is 18.2 Å². The highest BCUT2D eigenvalue weighted by molar-refractivity contribution is 5.96. The minimum Gasteiger partial charge on any atom is -0.507 e. The molecule has 2 aliphatic heterocycles. The number of aromatic hydroxyl groups is 1. The normalized spacial score (nSPS) is 23.9. The van der Waals surface area contributed by atoms with Crippen LogP contribution in [0, 0.1) is 11.8 Å². The van der Waals surface area contributed by atoms with Gasteiger partial charge in [-0.05, 0) is 62.7 Å². The Hall–Kier alpha value is -2.12. The Morgan fingerprint density at radius 1 is 1.10 bits per heavy atom. The summed E-state index contributed by atoms with van der Waals surface area (Å²) in [5, 5.41) is 12.6. The summed E-state index contributed by atoms with van der Waals surface area (Å²) < 4.78 is 5.62. The number of morpholine rings is 1. The van der Waals surface area contributed by atoms with Crippen LogP contribution in [0.4, 0.5) is 0 Å². The van der Waals surface area contributed by atoms with Crippen molar-refractivity contribution in [3.63, 3.8) is 0 Å². The van der Waals surface area contributed by atoms with E-state index >= 15 is 0 Å². The third kappa shape index (κ3) is 5.48. The number of carbonyl (C=O) groups is 2. The summed E-state index contributed by atoms with van der Waals surface area (Å²) in [4.78, 5) is 29.1. The van der Waals surface area contributed by atoms with E-state index in [0.29, 0.717) is 19.0 Å². The fourth-order valence-corrected chi connectivity index (χ4v) is 4.28. The second-order valence-electron chi connectivity index (χ2n) is 8.65. The Morgan fingerprint density at radius 2 is 1.83 bits per heavy atom. The van der Waals surface area contributed by atoms with E-state index in [0.717, 1.165) is 38.4 Å². The summed E-state index contributed by atoms with van der Waals surface area (Å²) in [6.07, 6.45) is 4.85. The largest absolute Gasteiger partial charge is 0.507 e. The molecule has 158 valence electrons. The quantitative estimate of drug-likeness (QED) is 0.723. The van der Waals surface area contributed by atoms with Gasteiger partial charge in [-0.15, -0.1) is 0 Å². The number of nitrogens with zero attached hydrogens (tertiary/aromatic N) is 2. The molecule has 29 heavy (non-hydrogen) atoms. The number of rotatable bonds is 7. The molecular formula is C22H31N3O4. The van der Waals surface area contributed by atoms with Gasteiger partial charge in [-0.3, -0.25) is 9.59 Å². The van der Waals surface area contributed by atoms with Gasteiger partial charge in [0.05, 0.1) is 11.7 Å². The molecule has 3 fully saturated rings. The summed E-state index contributed by atoms with van der Waals surface area (Å²) in [6, 6.07) is 6.46. The number of ether oxygens (including phenoxy) is 1. The summed E-state index contributed by atoms with van der Waals surface area (Å²) in [5.41, 5.74) is 0.245. The number of likely N-dealkylation sites (tertiary alicyclic amines) is 1. The van der Waals surface area contributed by atoms with Gasteiger partial charge in [0.15, 0.2) is 0 Å². The first-order valence-electron chi connectivity index (χ1n) is 10.8. The standard InChI is InChI=1S/C22H31N3O4/c26-20-4-2-1-3-19(20)22(28)23-11-18-14-25(21(27)15-29-18)13-17-7-9-24(10-8-17)12-16-5-6-16/h1-4,16-18,26H,5-15H2,(H,23,28)/t18-/m0/s1. The van der Waals surface area contributed by atoms with Crippen LogP contribution in [0.25, 0.3) is 0 Å². The minimum atomic E-state index is -0.335. The zero-order chi connectivity index (χ0) is 20.2. The van der Waals surface area contributed by atoms with Crippen LogP contribution in [0.15, 0.2) is 24.3 Å². The van der Waals surface area contributed by atoms with E-state index in [1.807, 2.05) is 4.90 Å². The fraction of sp³-hybridized carbons (Fsp3) is 0.636. The number of benzene rings is 1. The molecule has 3 aliphatic rings. The third-order valence-electron chi connectivity index (χ3n) is 6.26. The van der Waals surface area contributed by atoms with Crippen molar-refractivity contribution in [1.82, 2.24) is 15.1 Å². The molecule has 2 N–H and O–H groups in total. The van der Waals surface area contributed by atoms with Crippen LogP contribution < -0.4 is 5.32 Å². The highest BCUT2D eigenvalue weighted by Gasteiger charge is 2.31. The van der Waals surface area contributed by atoms with Gasteiger partial charge in [-0.2, -0.15) is 0 Å². The lowest BCUT2D eigenvalue weighted by atomic mass is 9.95. The Kier molecular flexibility index (Phi) is 6.35. The maximum absolute atomic E-state index is 12.3. The van der Waals surface area contributed by atoms with Crippen molar-refractivity contribution in [2.45, 2.75) is 31.8 Å². The van der Waals surface area contributed by atoms with Crippen molar-refractivity contribution >= 4 is 11.8 Å². The van der Waals surface area contributed by atoms with Crippen LogP contribution in [0.1, 0.15) is 36.0 Å². The second kappa shape index (κ2) is 9.13. The van der Waals surface area contributed by atoms with Gasteiger partial charge in [0, 0.05) is 26.2 Å². The monoisotopic (exact) mass is 401 g/mol. The van der Waals surface area contributed by atoms with E-state index in [9.17, 15) is 14.7 Å². The molecule has 1 aliphatic carbocycles. The van der Waals surface area contributed by atoms with Crippen molar-refractivity contribution in [3.8, 4) is 5.75 Å². The maximum Gasteiger partial charge on any atom is 0.255 e. The summed E-state index contributed by atoms with van der Waals surface area (Å²) in [7, 11) is 0. The molecule has 2 saturated heterocycles. The molecule has 2 amide bonds. The van der Waals surface area contributed by atoms with Gasteiger partial charge in [0.2, 0.25) is 5.91 Å². The van der Waals surface area contributed by atoms with Crippen LogP contribution in [0.3, 0.4) is 0 Å². The summed E-state index contributed by atoms with van der Waals surface area (Å²) >= 11 is 0. The smallest absolute Gasteiger partial charge is 0.255 e. The number of carbonyl (C=O) groups excluding carboxylic acids is 2. The van der Waals surface area contributed by atoms with E-state index < -0.39 is 0 Å². The van der Waals surface area contributed by atoms with Crippen LogP contribution in [-0.2, 0) is 9.53 Å². The number of piperidine rings is 1. The number of amides is 2. The number of hydrogen-bond acceptors (Lipinski definition) is 5. The highest BCUT2D eigenvalue weighted by Crippen LogP contribution is 2.31. The summed E-state index contributed by atoms with van der Waals surface area (Å²) in [5.74, 6) is 1.14. The Bertz CT molecular complexity index is 729. The molecule has 1 saturated carbocycles. The Morgan fingerprint density at radius 3 is 2.55 bits per heavy atom. The number of phenolic OH excluding ortho intramolecular Hbond substituents is 1. The number of phenols is 1. The van der Waals surface area contributed by atoms with Gasteiger partial charge >= 0.3 is 0 Å². The van der Waals surface area contributed by atoms with E-state index in [1.165, 1.54) is 25.5 Å².